The molecular formula is C29H25O2P. The predicted octanol–water partition coefficient (Wildman–Crippen LogP) is 8.86. The topological polar surface area (TPSA) is 18.5 Å². The highest BCUT2D eigenvalue weighted by Gasteiger charge is 2.25. The van der Waals surface area contributed by atoms with Crippen LogP contribution in [0.3, 0.4) is 0 Å². The molecule has 0 amide bonds. The van der Waals surface area contributed by atoms with Crippen molar-refractivity contribution < 1.29 is 9.05 Å². The lowest BCUT2D eigenvalue weighted by molar-refractivity contribution is 0.498. The van der Waals surface area contributed by atoms with Gasteiger partial charge in [0, 0.05) is 16.4 Å². The van der Waals surface area contributed by atoms with Crippen molar-refractivity contribution in [2.75, 3.05) is 0 Å². The predicted molar refractivity (Wildman–Crippen MR) is 134 cm³/mol. The molecular weight excluding hydrogens is 411 g/mol. The summed E-state index contributed by atoms with van der Waals surface area (Å²) in [6.07, 6.45) is 5.55. The van der Waals surface area contributed by atoms with Gasteiger partial charge in [0.25, 0.3) is 0 Å². The van der Waals surface area contributed by atoms with Crippen molar-refractivity contribution >= 4 is 8.38 Å². The van der Waals surface area contributed by atoms with E-state index in [9.17, 15) is 0 Å². The molecule has 4 aromatic carbocycles. The molecule has 0 spiro atoms. The van der Waals surface area contributed by atoms with E-state index in [-0.39, 0.29) is 0 Å². The standard InChI is InChI=1S/C29H25O2P/c1-3-13-23(14-4-1)26-19-9-11-21-28(26)30-32(25-17-7-8-18-25)31-29-22-12-10-20-27(29)24-15-5-2-6-16-24/h1-6,9-17,19-22H,7-8,18H2. The van der Waals surface area contributed by atoms with Crippen LogP contribution in [0, 0.1) is 0 Å². The van der Waals surface area contributed by atoms with Crippen LogP contribution in [-0.4, -0.2) is 0 Å². The average molecular weight is 436 g/mol. The van der Waals surface area contributed by atoms with Crippen LogP contribution in [0.15, 0.2) is 121 Å². The van der Waals surface area contributed by atoms with Crippen LogP contribution in [0.2, 0.25) is 0 Å². The minimum Gasteiger partial charge on any atom is -0.435 e. The lowest BCUT2D eigenvalue weighted by Gasteiger charge is -2.22. The van der Waals surface area contributed by atoms with E-state index in [2.05, 4.69) is 78.9 Å². The van der Waals surface area contributed by atoms with E-state index in [1.165, 1.54) is 5.31 Å². The summed E-state index contributed by atoms with van der Waals surface area (Å²) in [7, 11) is -1.27. The molecule has 1 aliphatic rings. The largest absolute Gasteiger partial charge is 0.435 e. The zero-order valence-corrected chi connectivity index (χ0v) is 18.7. The van der Waals surface area contributed by atoms with Crippen LogP contribution in [0.5, 0.6) is 11.5 Å². The number of benzene rings is 4. The van der Waals surface area contributed by atoms with Gasteiger partial charge >= 0.3 is 8.38 Å². The van der Waals surface area contributed by atoms with Crippen LogP contribution in [0.4, 0.5) is 0 Å². The first-order chi connectivity index (χ1) is 15.9. The second-order valence-electron chi connectivity index (χ2n) is 7.75. The molecule has 0 heterocycles. The van der Waals surface area contributed by atoms with E-state index in [0.717, 1.165) is 53.0 Å². The highest BCUT2D eigenvalue weighted by molar-refractivity contribution is 7.52. The molecule has 2 nitrogen and oxygen atoms in total. The molecule has 0 unspecified atom stereocenters. The van der Waals surface area contributed by atoms with Crippen LogP contribution in [0.1, 0.15) is 19.3 Å². The van der Waals surface area contributed by atoms with Crippen LogP contribution < -0.4 is 9.05 Å². The molecule has 4 aromatic rings. The third-order valence-corrected chi connectivity index (χ3v) is 7.16. The minimum atomic E-state index is -1.27. The molecule has 0 radical (unpaired) electrons. The summed E-state index contributed by atoms with van der Waals surface area (Å²) in [5.74, 6) is 1.71. The van der Waals surface area contributed by atoms with Crippen molar-refractivity contribution in [3.63, 3.8) is 0 Å². The van der Waals surface area contributed by atoms with Crippen molar-refractivity contribution in [3.8, 4) is 33.8 Å². The number of hydrogen-bond donors (Lipinski definition) is 0. The molecule has 158 valence electrons. The Kier molecular flexibility index (Phi) is 6.32. The van der Waals surface area contributed by atoms with Crippen molar-refractivity contribution in [2.45, 2.75) is 19.3 Å². The Balaban J connectivity index is 1.49. The van der Waals surface area contributed by atoms with Gasteiger partial charge in [-0.2, -0.15) is 0 Å². The molecule has 0 bridgehead atoms. The molecule has 0 saturated heterocycles. The Labute approximate surface area is 191 Å². The quantitative estimate of drug-likeness (QED) is 0.269. The smallest absolute Gasteiger partial charge is 0.321 e. The van der Waals surface area contributed by atoms with Gasteiger partial charge in [-0.05, 0) is 42.5 Å². The zero-order valence-electron chi connectivity index (χ0n) is 17.9. The summed E-state index contributed by atoms with van der Waals surface area (Å²) in [5.41, 5.74) is 4.45. The van der Waals surface area contributed by atoms with E-state index in [4.69, 9.17) is 9.05 Å². The maximum Gasteiger partial charge on any atom is 0.321 e. The molecule has 1 aliphatic carbocycles. The monoisotopic (exact) mass is 436 g/mol. The summed E-state index contributed by atoms with van der Waals surface area (Å²) >= 11 is 0. The number of allylic oxidation sites excluding steroid dienone is 2. The van der Waals surface area contributed by atoms with Crippen molar-refractivity contribution in [1.82, 2.24) is 0 Å². The summed E-state index contributed by atoms with van der Waals surface area (Å²) < 4.78 is 13.3. The van der Waals surface area contributed by atoms with Gasteiger partial charge in [-0.1, -0.05) is 103 Å². The second kappa shape index (κ2) is 9.85. The van der Waals surface area contributed by atoms with Crippen molar-refractivity contribution in [2.24, 2.45) is 0 Å². The van der Waals surface area contributed by atoms with Crippen LogP contribution >= 0.6 is 8.38 Å². The Morgan fingerprint density at radius 2 is 1.00 bits per heavy atom. The van der Waals surface area contributed by atoms with E-state index in [1.54, 1.807) is 0 Å². The third-order valence-electron chi connectivity index (χ3n) is 5.56. The lowest BCUT2D eigenvalue weighted by atomic mass is 10.1. The van der Waals surface area contributed by atoms with Gasteiger partial charge in [-0.25, -0.2) is 0 Å². The normalized spacial score (nSPS) is 13.1. The fourth-order valence-corrected chi connectivity index (χ4v) is 5.51. The Morgan fingerprint density at radius 1 is 0.531 bits per heavy atom. The van der Waals surface area contributed by atoms with Gasteiger partial charge in [0.05, 0.1) is 0 Å². The van der Waals surface area contributed by atoms with Gasteiger partial charge in [0.2, 0.25) is 0 Å². The van der Waals surface area contributed by atoms with E-state index in [0.29, 0.717) is 0 Å². The van der Waals surface area contributed by atoms with Gasteiger partial charge in [0.1, 0.15) is 11.5 Å². The second-order valence-corrected chi connectivity index (χ2v) is 9.21. The third kappa shape index (κ3) is 4.61. The van der Waals surface area contributed by atoms with Gasteiger partial charge in [-0.3, -0.25) is 0 Å². The average Bonchev–Trinajstić information content (AvgIpc) is 3.41. The zero-order chi connectivity index (χ0) is 21.6. The summed E-state index contributed by atoms with van der Waals surface area (Å²) in [5, 5.41) is 1.27. The highest BCUT2D eigenvalue weighted by Crippen LogP contribution is 2.54. The fourth-order valence-electron chi connectivity index (χ4n) is 3.94. The van der Waals surface area contributed by atoms with Crippen molar-refractivity contribution in [1.29, 1.82) is 0 Å². The first-order valence-corrected chi connectivity index (χ1v) is 12.2. The molecule has 0 aliphatic heterocycles. The summed E-state index contributed by atoms with van der Waals surface area (Å²) in [6, 6.07) is 37.2. The minimum absolute atomic E-state index is 0.856. The Hall–Kier alpha value is -3.35. The fraction of sp³-hybridized carbons (Fsp3) is 0.103. The van der Waals surface area contributed by atoms with Gasteiger partial charge in [0.15, 0.2) is 0 Å². The summed E-state index contributed by atoms with van der Waals surface area (Å²) in [6.45, 7) is 0. The molecule has 0 fully saturated rings. The maximum absolute atomic E-state index is 6.65. The highest BCUT2D eigenvalue weighted by atomic mass is 31.2. The number of para-hydroxylation sites is 2. The number of rotatable bonds is 7. The van der Waals surface area contributed by atoms with E-state index < -0.39 is 8.38 Å². The summed E-state index contributed by atoms with van der Waals surface area (Å²) in [4.78, 5) is 0. The van der Waals surface area contributed by atoms with Crippen molar-refractivity contribution in [3.05, 3.63) is 121 Å². The first kappa shape index (κ1) is 20.5. The molecule has 0 aromatic heterocycles. The van der Waals surface area contributed by atoms with E-state index >= 15 is 0 Å². The van der Waals surface area contributed by atoms with E-state index in [1.807, 2.05) is 36.4 Å². The molecule has 0 atom stereocenters. The Morgan fingerprint density at radius 3 is 1.47 bits per heavy atom. The van der Waals surface area contributed by atoms with Gasteiger partial charge in [-0.15, -0.1) is 0 Å². The number of hydrogen-bond acceptors (Lipinski definition) is 2. The van der Waals surface area contributed by atoms with Crippen LogP contribution in [0.25, 0.3) is 22.3 Å². The molecule has 0 saturated carbocycles. The maximum atomic E-state index is 6.65. The molecule has 3 heteroatoms. The first-order valence-electron chi connectivity index (χ1n) is 11.0. The molecule has 32 heavy (non-hydrogen) atoms. The van der Waals surface area contributed by atoms with Crippen LogP contribution in [-0.2, 0) is 0 Å². The SMILES string of the molecule is C1=C(P(Oc2ccccc2-c2ccccc2)Oc2ccccc2-c2ccccc2)CCC1. The molecule has 0 N–H and O–H groups in total. The molecule has 5 rings (SSSR count). The Bertz CT molecular complexity index is 1120. The van der Waals surface area contributed by atoms with Gasteiger partial charge < -0.3 is 9.05 Å². The lowest BCUT2D eigenvalue weighted by Crippen LogP contribution is -2.00.